The van der Waals surface area contributed by atoms with Crippen molar-refractivity contribution in [1.29, 1.82) is 0 Å². The first-order chi connectivity index (χ1) is 11.4. The first-order valence-electron chi connectivity index (χ1n) is 7.02. The number of anilines is 1. The maximum absolute atomic E-state index is 12.2. The normalized spacial score (nSPS) is 28.7. The van der Waals surface area contributed by atoms with E-state index in [-0.39, 0.29) is 35.3 Å². The molecule has 0 saturated carbocycles. The van der Waals surface area contributed by atoms with E-state index in [2.05, 4.69) is 22.1 Å². The topological polar surface area (TPSA) is 139 Å². The lowest BCUT2D eigenvalue weighted by atomic mass is 9.87. The van der Waals surface area contributed by atoms with Crippen molar-refractivity contribution in [3.05, 3.63) is 17.7 Å². The van der Waals surface area contributed by atoms with E-state index in [9.17, 15) is 19.5 Å². The van der Waals surface area contributed by atoms with E-state index in [1.54, 1.807) is 0 Å². The molecule has 2 aliphatic rings. The number of carboxylic acid groups (broad SMARTS) is 1. The zero-order valence-electron chi connectivity index (χ0n) is 12.5. The molecular formula is C13H15N5O4S2. The molecule has 2 amide bonds. The Morgan fingerprint density at radius 2 is 2.29 bits per heavy atom. The van der Waals surface area contributed by atoms with Crippen LogP contribution < -0.4 is 11.1 Å². The number of rotatable bonds is 5. The average Bonchev–Trinajstić information content (AvgIpc) is 2.96. The van der Waals surface area contributed by atoms with Gasteiger partial charge in [0.2, 0.25) is 16.9 Å². The number of hydrogen-bond donors (Lipinski definition) is 3. The van der Waals surface area contributed by atoms with Crippen LogP contribution in [0.5, 0.6) is 0 Å². The minimum absolute atomic E-state index is 0.00174. The van der Waals surface area contributed by atoms with E-state index in [1.807, 2.05) is 0 Å². The zero-order valence-corrected chi connectivity index (χ0v) is 14.1. The van der Waals surface area contributed by atoms with Gasteiger partial charge in [0.05, 0.1) is 6.42 Å². The number of amides is 2. The summed E-state index contributed by atoms with van der Waals surface area (Å²) in [4.78, 5) is 37.2. The Balaban J connectivity index is 1.61. The Morgan fingerprint density at radius 3 is 2.88 bits per heavy atom. The zero-order chi connectivity index (χ0) is 17.5. The van der Waals surface area contributed by atoms with E-state index in [1.165, 1.54) is 22.7 Å². The van der Waals surface area contributed by atoms with Crippen LogP contribution in [-0.2, 0) is 20.8 Å². The molecule has 2 unspecified atom stereocenters. The molecular weight excluding hydrogens is 354 g/mol. The van der Waals surface area contributed by atoms with Crippen molar-refractivity contribution < 1.29 is 19.5 Å². The van der Waals surface area contributed by atoms with E-state index < -0.39 is 17.4 Å². The number of hydrogen-bond acceptors (Lipinski definition) is 8. The molecule has 0 spiro atoms. The first kappa shape index (κ1) is 16.7. The third-order valence-electron chi connectivity index (χ3n) is 4.03. The van der Waals surface area contributed by atoms with Gasteiger partial charge in [-0.25, -0.2) is 0 Å². The van der Waals surface area contributed by atoms with Crippen LogP contribution in [0.2, 0.25) is 0 Å². The van der Waals surface area contributed by atoms with Crippen LogP contribution in [0.15, 0.2) is 12.7 Å². The summed E-state index contributed by atoms with van der Waals surface area (Å²) < 4.78 is 0. The summed E-state index contributed by atoms with van der Waals surface area (Å²) in [5, 5.41) is 19.9. The molecule has 0 aliphatic carbocycles. The fourth-order valence-corrected chi connectivity index (χ4v) is 4.78. The summed E-state index contributed by atoms with van der Waals surface area (Å²) in [5.41, 5.74) is 4.32. The average molecular weight is 369 g/mol. The van der Waals surface area contributed by atoms with Crippen LogP contribution in [0.1, 0.15) is 5.01 Å². The Labute approximate surface area is 145 Å². The highest BCUT2D eigenvalue weighted by atomic mass is 32.2. The lowest BCUT2D eigenvalue weighted by Crippen LogP contribution is -2.73. The minimum Gasteiger partial charge on any atom is -0.481 e. The molecule has 3 heterocycles. The second-order valence-corrected chi connectivity index (χ2v) is 7.79. The van der Waals surface area contributed by atoms with Crippen LogP contribution in [0.4, 0.5) is 5.13 Å². The molecule has 24 heavy (non-hydrogen) atoms. The summed E-state index contributed by atoms with van der Waals surface area (Å²) >= 11 is 2.45. The van der Waals surface area contributed by atoms with Gasteiger partial charge < -0.3 is 21.1 Å². The van der Waals surface area contributed by atoms with Crippen LogP contribution >= 0.6 is 23.1 Å². The van der Waals surface area contributed by atoms with Crippen LogP contribution in [0, 0.1) is 5.41 Å². The van der Waals surface area contributed by atoms with Crippen LogP contribution in [0.25, 0.3) is 0 Å². The lowest BCUT2D eigenvalue weighted by molar-refractivity contribution is -0.156. The van der Waals surface area contributed by atoms with Crippen molar-refractivity contribution in [3.8, 4) is 0 Å². The Kier molecular flexibility index (Phi) is 4.22. The van der Waals surface area contributed by atoms with Gasteiger partial charge in [0.15, 0.2) is 0 Å². The number of carbonyl (C=O) groups excluding carboxylic acids is 2. The van der Waals surface area contributed by atoms with Gasteiger partial charge >= 0.3 is 5.97 Å². The molecule has 3 rings (SSSR count). The highest BCUT2D eigenvalue weighted by Gasteiger charge is 2.56. The number of nitrogens with two attached hydrogens (primary N) is 1. The smallest absolute Gasteiger partial charge is 0.316 e. The second-order valence-electron chi connectivity index (χ2n) is 5.59. The SMILES string of the molecule is C=CC1(C(=O)O)CS[C@@H]2C(NC(=O)Cc3nnc(N)s3)C(=O)N2C1. The summed E-state index contributed by atoms with van der Waals surface area (Å²) in [6.07, 6.45) is 1.37. The fraction of sp³-hybridized carbons (Fsp3) is 0.462. The number of aliphatic carboxylic acids is 1. The standard InChI is InChI=1S/C13H15N5O4S2/c1-2-13(11(21)22)4-18-9(20)8(10(18)23-5-13)15-6(19)3-7-16-17-12(14)24-7/h2,8,10H,1,3-5H2,(H2,14,17)(H,15,19)(H,21,22)/t8?,10-,13?/m1/s1. The molecule has 0 aromatic carbocycles. The number of aromatic nitrogens is 2. The van der Waals surface area contributed by atoms with Gasteiger partial charge in [-0.3, -0.25) is 14.4 Å². The predicted octanol–water partition coefficient (Wildman–Crippen LogP) is -0.680. The molecule has 4 N–H and O–H groups in total. The van der Waals surface area contributed by atoms with Crippen molar-refractivity contribution >= 4 is 46.0 Å². The lowest BCUT2D eigenvalue weighted by Gasteiger charge is -2.53. The number of nitrogens with zero attached hydrogens (tertiary/aromatic N) is 3. The highest BCUT2D eigenvalue weighted by Crippen LogP contribution is 2.42. The molecule has 0 bridgehead atoms. The Hall–Kier alpha value is -2.14. The van der Waals surface area contributed by atoms with Crippen LogP contribution in [0.3, 0.4) is 0 Å². The number of nitrogen functional groups attached to an aromatic ring is 1. The molecule has 2 fully saturated rings. The monoisotopic (exact) mass is 369 g/mol. The molecule has 11 heteroatoms. The minimum atomic E-state index is -1.14. The van der Waals surface area contributed by atoms with Gasteiger partial charge in [-0.2, -0.15) is 0 Å². The fourth-order valence-electron chi connectivity index (χ4n) is 2.63. The molecule has 2 saturated heterocycles. The van der Waals surface area contributed by atoms with Crippen molar-refractivity contribution in [3.63, 3.8) is 0 Å². The Morgan fingerprint density at radius 1 is 1.54 bits per heavy atom. The van der Waals surface area contributed by atoms with Crippen molar-refractivity contribution in [2.75, 3.05) is 18.0 Å². The number of fused-ring (bicyclic) bond motifs is 1. The van der Waals surface area contributed by atoms with E-state index >= 15 is 0 Å². The molecule has 2 aliphatic heterocycles. The van der Waals surface area contributed by atoms with E-state index in [4.69, 9.17) is 5.73 Å². The molecule has 3 atom stereocenters. The second kappa shape index (κ2) is 6.06. The number of carbonyl (C=O) groups is 3. The van der Waals surface area contributed by atoms with E-state index in [0.717, 1.165) is 11.3 Å². The molecule has 1 aromatic heterocycles. The van der Waals surface area contributed by atoms with E-state index in [0.29, 0.717) is 10.8 Å². The van der Waals surface area contributed by atoms with Crippen LogP contribution in [-0.4, -0.2) is 61.7 Å². The van der Waals surface area contributed by atoms with Gasteiger partial charge in [0.25, 0.3) is 0 Å². The first-order valence-corrected chi connectivity index (χ1v) is 8.89. The number of thioether (sulfide) groups is 1. The number of carboxylic acids is 1. The quantitative estimate of drug-likeness (QED) is 0.458. The van der Waals surface area contributed by atoms with Crippen molar-refractivity contribution in [2.45, 2.75) is 17.8 Å². The van der Waals surface area contributed by atoms with Crippen molar-refractivity contribution in [1.82, 2.24) is 20.4 Å². The summed E-state index contributed by atoms with van der Waals surface area (Å²) in [6, 6.07) is -0.649. The van der Waals surface area contributed by atoms with Gasteiger partial charge in [0.1, 0.15) is 21.8 Å². The van der Waals surface area contributed by atoms with Gasteiger partial charge in [0, 0.05) is 12.3 Å². The third kappa shape index (κ3) is 2.73. The number of nitrogens with one attached hydrogen (secondary N) is 1. The summed E-state index contributed by atoms with van der Waals surface area (Å²) in [5.74, 6) is -1.33. The van der Waals surface area contributed by atoms with Gasteiger partial charge in [-0.15, -0.1) is 28.5 Å². The molecule has 0 radical (unpaired) electrons. The number of β-lactam (4-membered cyclic amide) rings is 1. The van der Waals surface area contributed by atoms with Gasteiger partial charge in [-0.05, 0) is 0 Å². The molecule has 1 aromatic rings. The molecule has 128 valence electrons. The summed E-state index contributed by atoms with van der Waals surface area (Å²) in [7, 11) is 0. The Bertz CT molecular complexity index is 723. The summed E-state index contributed by atoms with van der Waals surface area (Å²) in [6.45, 7) is 3.65. The molecule has 9 nitrogen and oxygen atoms in total. The highest BCUT2D eigenvalue weighted by molar-refractivity contribution is 8.00. The van der Waals surface area contributed by atoms with Crippen molar-refractivity contribution in [2.24, 2.45) is 5.41 Å². The largest absolute Gasteiger partial charge is 0.481 e. The third-order valence-corrected chi connectivity index (χ3v) is 6.34. The maximum atomic E-state index is 12.2. The van der Waals surface area contributed by atoms with Gasteiger partial charge in [-0.1, -0.05) is 17.4 Å². The maximum Gasteiger partial charge on any atom is 0.316 e. The predicted molar refractivity (Wildman–Crippen MR) is 88.2 cm³/mol.